The molecule has 2 aromatic carbocycles. The fourth-order valence-electron chi connectivity index (χ4n) is 2.20. The molecule has 0 saturated heterocycles. The zero-order chi connectivity index (χ0) is 18.7. The molecule has 0 atom stereocenters. The van der Waals surface area contributed by atoms with Gasteiger partial charge in [-0.25, -0.2) is 9.07 Å². The first-order chi connectivity index (χ1) is 12.4. The van der Waals surface area contributed by atoms with Gasteiger partial charge in [0.15, 0.2) is 5.82 Å². The minimum atomic E-state index is -3.39. The monoisotopic (exact) mass is 330 g/mol. The molecule has 0 amide bonds. The maximum absolute atomic E-state index is 13.2. The van der Waals surface area contributed by atoms with Crippen LogP contribution in [-0.2, 0) is 0 Å². The average molecular weight is 330 g/mol. The minimum Gasteiger partial charge on any atom is -0.497 e. The topological polar surface area (TPSA) is 58.4 Å². The van der Waals surface area contributed by atoms with Crippen LogP contribution in [-0.4, -0.2) is 35.8 Å². The van der Waals surface area contributed by atoms with Gasteiger partial charge in [0.1, 0.15) is 14.2 Å². The van der Waals surface area contributed by atoms with Crippen molar-refractivity contribution in [1.82, 2.24) is 14.8 Å². The standard InChI is InChI=1S/C17H16FN3O3/c1-22-14-7-3-12(4-8-14)16-19-17(24-11-18)20-21(16)13-5-9-15(23-2)10-6-13/h3-10H,11H2,1-2H3/i11D2,18-1. The normalized spacial score (nSPS) is 12.3. The lowest BCUT2D eigenvalue weighted by Crippen LogP contribution is -2.00. The van der Waals surface area contributed by atoms with Gasteiger partial charge in [0.05, 0.1) is 19.9 Å². The number of hydrogen-bond acceptors (Lipinski definition) is 5. The van der Waals surface area contributed by atoms with Crippen molar-refractivity contribution in [2.24, 2.45) is 0 Å². The van der Waals surface area contributed by atoms with Crippen molar-refractivity contribution in [3.05, 3.63) is 48.5 Å². The molecule has 0 N–H and O–H groups in total. The fourth-order valence-corrected chi connectivity index (χ4v) is 2.20. The zero-order valence-electron chi connectivity index (χ0n) is 15.1. The smallest absolute Gasteiger partial charge is 0.338 e. The third-order valence-corrected chi connectivity index (χ3v) is 3.38. The van der Waals surface area contributed by atoms with E-state index < -0.39 is 12.8 Å². The number of benzene rings is 2. The van der Waals surface area contributed by atoms with Gasteiger partial charge in [-0.3, -0.25) is 0 Å². The van der Waals surface area contributed by atoms with E-state index in [1.807, 2.05) is 0 Å². The van der Waals surface area contributed by atoms with Gasteiger partial charge in [0.2, 0.25) is 6.81 Å². The van der Waals surface area contributed by atoms with E-state index in [0.29, 0.717) is 28.6 Å². The molecule has 24 heavy (non-hydrogen) atoms. The Morgan fingerprint density at radius 3 is 2.12 bits per heavy atom. The molecule has 0 aliphatic carbocycles. The van der Waals surface area contributed by atoms with E-state index >= 15 is 0 Å². The molecule has 0 aliphatic rings. The molecule has 0 spiro atoms. The highest BCUT2D eigenvalue weighted by atomic mass is 18.2. The highest BCUT2D eigenvalue weighted by molar-refractivity contribution is 5.59. The summed E-state index contributed by atoms with van der Waals surface area (Å²) in [6, 6.07) is 13.6. The Morgan fingerprint density at radius 2 is 1.58 bits per heavy atom. The number of aromatic nitrogens is 3. The molecular weight excluding hydrogens is 312 g/mol. The Labute approximate surface area is 141 Å². The van der Waals surface area contributed by atoms with Gasteiger partial charge in [0, 0.05) is 5.56 Å². The predicted octanol–water partition coefficient (Wildman–Crippen LogP) is 3.26. The van der Waals surface area contributed by atoms with Crippen LogP contribution in [0.1, 0.15) is 2.74 Å². The summed E-state index contributed by atoms with van der Waals surface area (Å²) in [5, 5.41) is 4.07. The second-order valence-corrected chi connectivity index (χ2v) is 4.74. The van der Waals surface area contributed by atoms with Gasteiger partial charge in [-0.05, 0) is 48.5 Å². The van der Waals surface area contributed by atoms with Crippen LogP contribution in [0.5, 0.6) is 17.5 Å². The Balaban J connectivity index is 2.07. The minimum absolute atomic E-state index is 0.358. The zero-order valence-corrected chi connectivity index (χ0v) is 13.1. The number of rotatable bonds is 6. The van der Waals surface area contributed by atoms with Crippen LogP contribution in [0.25, 0.3) is 17.1 Å². The van der Waals surface area contributed by atoms with Crippen molar-refractivity contribution in [3.63, 3.8) is 0 Å². The quantitative estimate of drug-likeness (QED) is 0.694. The molecule has 0 aliphatic heterocycles. The third-order valence-electron chi connectivity index (χ3n) is 3.38. The molecule has 7 heteroatoms. The van der Waals surface area contributed by atoms with E-state index in [0.717, 1.165) is 0 Å². The molecule has 6 nitrogen and oxygen atoms in total. The summed E-state index contributed by atoms with van der Waals surface area (Å²) >= 11 is 0. The average Bonchev–Trinajstić information content (AvgIpc) is 3.03. The van der Waals surface area contributed by atoms with Gasteiger partial charge in [-0.2, -0.15) is 4.98 Å². The highest BCUT2D eigenvalue weighted by Gasteiger charge is 2.15. The van der Waals surface area contributed by atoms with Crippen LogP contribution in [0.15, 0.2) is 48.5 Å². The molecule has 124 valence electrons. The molecule has 1 aromatic heterocycles. The number of alkyl halides is 1. The molecule has 1 heterocycles. The second kappa shape index (κ2) is 6.99. The summed E-state index contributed by atoms with van der Waals surface area (Å²) in [4.78, 5) is 4.12. The Kier molecular flexibility index (Phi) is 3.89. The van der Waals surface area contributed by atoms with Gasteiger partial charge in [-0.15, -0.1) is 5.10 Å². The molecule has 0 fully saturated rings. The van der Waals surface area contributed by atoms with Crippen molar-refractivity contribution < 1.29 is 21.3 Å². The van der Waals surface area contributed by atoms with E-state index in [9.17, 15) is 4.39 Å². The molecule has 0 radical (unpaired) electrons. The molecule has 0 bridgehead atoms. The lowest BCUT2D eigenvalue weighted by Gasteiger charge is -2.07. The van der Waals surface area contributed by atoms with E-state index in [1.165, 1.54) is 4.68 Å². The predicted molar refractivity (Wildman–Crippen MR) is 86.5 cm³/mol. The molecular formula is C17H16FN3O3. The van der Waals surface area contributed by atoms with Gasteiger partial charge in [0.25, 0.3) is 0 Å². The van der Waals surface area contributed by atoms with Crippen LogP contribution in [0.2, 0.25) is 0 Å². The second-order valence-electron chi connectivity index (χ2n) is 4.74. The van der Waals surface area contributed by atoms with Crippen molar-refractivity contribution >= 4 is 0 Å². The van der Waals surface area contributed by atoms with E-state index in [1.54, 1.807) is 62.8 Å². The van der Waals surface area contributed by atoms with E-state index in [2.05, 4.69) is 14.8 Å². The molecule has 0 unspecified atom stereocenters. The van der Waals surface area contributed by atoms with Crippen LogP contribution >= 0.6 is 0 Å². The summed E-state index contributed by atoms with van der Waals surface area (Å²) in [6.07, 6.45) is 0. The van der Waals surface area contributed by atoms with Gasteiger partial charge < -0.3 is 14.2 Å². The maximum atomic E-state index is 13.2. The molecule has 3 aromatic rings. The Bertz CT molecular complexity index is 813. The lowest BCUT2D eigenvalue weighted by atomic mass is 10.2. The number of nitrogens with zero attached hydrogens (tertiary/aromatic N) is 3. The largest absolute Gasteiger partial charge is 0.497 e. The van der Waals surface area contributed by atoms with E-state index in [4.69, 9.17) is 12.2 Å². The first-order valence-corrected chi connectivity index (χ1v) is 7.03. The number of methoxy groups -OCH3 is 2. The van der Waals surface area contributed by atoms with Crippen LogP contribution < -0.4 is 14.2 Å². The SMILES string of the molecule is [2H]C([2H])([18F])Oc1nc(-c2ccc(OC)cc2)n(-c2ccc(OC)cc2)n1. The van der Waals surface area contributed by atoms with Crippen LogP contribution in [0.4, 0.5) is 4.39 Å². The number of ether oxygens (including phenoxy) is 3. The summed E-state index contributed by atoms with van der Waals surface area (Å²) in [7, 11) is 3.12. The third kappa shape index (κ3) is 3.15. The molecule has 3 rings (SSSR count). The first-order valence-electron chi connectivity index (χ1n) is 8.03. The first kappa shape index (κ1) is 13.4. The highest BCUT2D eigenvalue weighted by Crippen LogP contribution is 2.26. The lowest BCUT2D eigenvalue weighted by molar-refractivity contribution is 0.177. The summed E-state index contributed by atoms with van der Waals surface area (Å²) in [5.74, 6) is 1.69. The Hall–Kier alpha value is -3.09. The van der Waals surface area contributed by atoms with Crippen LogP contribution in [0.3, 0.4) is 0 Å². The van der Waals surface area contributed by atoms with Crippen molar-refractivity contribution in [2.75, 3.05) is 21.0 Å². The number of hydrogen-bond donors (Lipinski definition) is 0. The van der Waals surface area contributed by atoms with Gasteiger partial charge >= 0.3 is 6.01 Å². The number of halogens is 1. The van der Waals surface area contributed by atoms with Gasteiger partial charge in [-0.1, -0.05) is 0 Å². The van der Waals surface area contributed by atoms with E-state index in [-0.39, 0.29) is 0 Å². The van der Waals surface area contributed by atoms with Crippen molar-refractivity contribution in [2.45, 2.75) is 0 Å². The molecule has 0 saturated carbocycles. The van der Waals surface area contributed by atoms with Crippen molar-refractivity contribution in [1.29, 1.82) is 0 Å². The summed E-state index contributed by atoms with van der Waals surface area (Å²) in [5.41, 5.74) is 1.29. The Morgan fingerprint density at radius 1 is 1.00 bits per heavy atom. The summed E-state index contributed by atoms with van der Waals surface area (Å²) < 4.78 is 43.3. The summed E-state index contributed by atoms with van der Waals surface area (Å²) in [6.45, 7) is -3.39. The van der Waals surface area contributed by atoms with Crippen molar-refractivity contribution in [3.8, 4) is 34.6 Å². The maximum Gasteiger partial charge on any atom is 0.338 e. The fraction of sp³-hybridized carbons (Fsp3) is 0.176. The van der Waals surface area contributed by atoms with Crippen LogP contribution in [0, 0.1) is 0 Å².